The highest BCUT2D eigenvalue weighted by atomic mass is 35.5. The molecule has 0 aromatic heterocycles. The molecule has 0 saturated heterocycles. The van der Waals surface area contributed by atoms with Crippen LogP contribution in [0.4, 0.5) is 10.1 Å². The molecule has 198 valence electrons. The Balaban J connectivity index is 1.17. The maximum Gasteiger partial charge on any atom is 0.263 e. The van der Waals surface area contributed by atoms with E-state index in [-0.39, 0.29) is 23.3 Å². The molecule has 3 fully saturated rings. The maximum atomic E-state index is 13.6. The molecule has 6 rings (SSSR count). The maximum absolute atomic E-state index is 13.6. The average Bonchev–Trinajstić information content (AvgIpc) is 2.86. The summed E-state index contributed by atoms with van der Waals surface area (Å²) in [5.74, 6) is -0.504. The Labute approximate surface area is 224 Å². The van der Waals surface area contributed by atoms with Gasteiger partial charge in [-0.15, -0.1) is 0 Å². The zero-order valence-electron chi connectivity index (χ0n) is 20.2. The van der Waals surface area contributed by atoms with E-state index in [1.807, 2.05) is 11.9 Å². The molecule has 1 heterocycles. The summed E-state index contributed by atoms with van der Waals surface area (Å²) in [4.78, 5) is 27.8. The van der Waals surface area contributed by atoms with Crippen molar-refractivity contribution in [3.63, 3.8) is 0 Å². The van der Waals surface area contributed by atoms with Gasteiger partial charge in [0.25, 0.3) is 11.8 Å². The monoisotopic (exact) mass is 551 g/mol. The van der Waals surface area contributed by atoms with Crippen molar-refractivity contribution >= 4 is 40.7 Å². The summed E-state index contributed by atoms with van der Waals surface area (Å²) >= 11 is 11.8. The summed E-state index contributed by atoms with van der Waals surface area (Å²) in [5, 5.41) is 17.7. The number of halogens is 3. The number of nitrogens with one attached hydrogen (secondary N) is 2. The van der Waals surface area contributed by atoms with E-state index < -0.39 is 35.0 Å². The molecule has 0 spiro atoms. The molecular weight excluding hydrogens is 524 g/mol. The number of aliphatic hydroxyl groups is 1. The van der Waals surface area contributed by atoms with Gasteiger partial charge in [0.15, 0.2) is 12.7 Å². The van der Waals surface area contributed by atoms with E-state index in [2.05, 4.69) is 10.6 Å². The second-order valence-corrected chi connectivity index (χ2v) is 11.0. The van der Waals surface area contributed by atoms with Crippen molar-refractivity contribution in [1.29, 1.82) is 0 Å². The largest absolute Gasteiger partial charge is 0.484 e. The number of amides is 2. The van der Waals surface area contributed by atoms with E-state index in [0.29, 0.717) is 49.4 Å². The predicted octanol–water partition coefficient (Wildman–Crippen LogP) is 3.46. The summed E-state index contributed by atoms with van der Waals surface area (Å²) in [6.07, 6.45) is 0.989. The summed E-state index contributed by atoms with van der Waals surface area (Å²) < 4.78 is 25.0. The minimum absolute atomic E-state index is 0.0319. The standard InChI is InChI=1S/C26H28Cl2FN3O5/c1-32-13-21(37-20-5-2-15(27)10-19(20)32)24(35)31-25-6-8-26(9-7-25,22(33)12-25)30-23(34)14-36-16-3-4-17(28)18(29)11-16/h2-5,10-11,21-22,33H,6-9,12-14H2,1H3,(H,30,34)(H,31,35)/t21-,22-,25?,26?/m0/s1. The van der Waals surface area contributed by atoms with Crippen LogP contribution in [-0.4, -0.2) is 60.4 Å². The number of anilines is 1. The molecule has 0 radical (unpaired) electrons. The van der Waals surface area contributed by atoms with E-state index in [4.69, 9.17) is 32.7 Å². The fourth-order valence-electron chi connectivity index (χ4n) is 5.60. The van der Waals surface area contributed by atoms with Gasteiger partial charge in [0.1, 0.15) is 17.3 Å². The van der Waals surface area contributed by atoms with Crippen molar-refractivity contribution in [2.45, 2.75) is 55.4 Å². The van der Waals surface area contributed by atoms with E-state index in [1.165, 1.54) is 12.1 Å². The van der Waals surface area contributed by atoms with Crippen LogP contribution in [0.2, 0.25) is 10.0 Å². The minimum atomic E-state index is -0.843. The van der Waals surface area contributed by atoms with Crippen molar-refractivity contribution in [2.75, 3.05) is 25.1 Å². The SMILES string of the molecule is CN1C[C@@H](C(=O)NC23CCC(NC(=O)COc4ccc(Cl)c(F)c4)(CC2)[C@@H](O)C3)Oc2ccc(Cl)cc21. The van der Waals surface area contributed by atoms with Crippen molar-refractivity contribution in [2.24, 2.45) is 0 Å². The van der Waals surface area contributed by atoms with Gasteiger partial charge in [0, 0.05) is 23.7 Å². The molecule has 0 unspecified atom stereocenters. The number of carbonyl (C=O) groups excluding carboxylic acids is 2. The van der Waals surface area contributed by atoms with Gasteiger partial charge in [0.05, 0.1) is 28.9 Å². The Morgan fingerprint density at radius 1 is 1.16 bits per heavy atom. The number of hydrogen-bond donors (Lipinski definition) is 3. The van der Waals surface area contributed by atoms with Crippen molar-refractivity contribution < 1.29 is 28.6 Å². The van der Waals surface area contributed by atoms with Gasteiger partial charge in [-0.25, -0.2) is 4.39 Å². The van der Waals surface area contributed by atoms with Gasteiger partial charge in [0.2, 0.25) is 0 Å². The molecule has 3 aliphatic carbocycles. The second-order valence-electron chi connectivity index (χ2n) is 10.2. The van der Waals surface area contributed by atoms with E-state index in [1.54, 1.807) is 18.2 Å². The van der Waals surface area contributed by atoms with Crippen LogP contribution in [0.5, 0.6) is 11.5 Å². The van der Waals surface area contributed by atoms with Gasteiger partial charge in [-0.2, -0.15) is 0 Å². The van der Waals surface area contributed by atoms with Crippen LogP contribution >= 0.6 is 23.2 Å². The molecule has 1 aliphatic heterocycles. The second kappa shape index (κ2) is 9.85. The first-order valence-electron chi connectivity index (χ1n) is 12.1. The molecule has 2 amide bonds. The highest BCUT2D eigenvalue weighted by Gasteiger charge is 2.55. The van der Waals surface area contributed by atoms with Crippen LogP contribution in [0.1, 0.15) is 32.1 Å². The van der Waals surface area contributed by atoms with E-state index in [9.17, 15) is 19.1 Å². The predicted molar refractivity (Wildman–Crippen MR) is 137 cm³/mol. The topological polar surface area (TPSA) is 100 Å². The smallest absolute Gasteiger partial charge is 0.263 e. The fraction of sp³-hybridized carbons (Fsp3) is 0.462. The lowest BCUT2D eigenvalue weighted by Crippen LogP contribution is -2.71. The number of hydrogen-bond acceptors (Lipinski definition) is 6. The molecule has 2 aromatic rings. The lowest BCUT2D eigenvalue weighted by molar-refractivity contribution is -0.139. The Hall–Kier alpha value is -2.75. The molecule has 2 bridgehead atoms. The first-order chi connectivity index (χ1) is 17.6. The Bertz CT molecular complexity index is 1220. The number of nitrogens with zero attached hydrogens (tertiary/aromatic N) is 1. The van der Waals surface area contributed by atoms with E-state index >= 15 is 0 Å². The molecular formula is C26H28Cl2FN3O5. The van der Waals surface area contributed by atoms with Crippen LogP contribution in [0.15, 0.2) is 36.4 Å². The summed E-state index contributed by atoms with van der Waals surface area (Å²) in [6.45, 7) is 0.0476. The highest BCUT2D eigenvalue weighted by Crippen LogP contribution is 2.47. The van der Waals surface area contributed by atoms with E-state index in [0.717, 1.165) is 11.8 Å². The van der Waals surface area contributed by atoms with Gasteiger partial charge >= 0.3 is 0 Å². The number of aliphatic hydroxyl groups excluding tert-OH is 1. The molecule has 8 nitrogen and oxygen atoms in total. The number of ether oxygens (including phenoxy) is 2. The first-order valence-corrected chi connectivity index (χ1v) is 12.9. The van der Waals surface area contributed by atoms with Crippen LogP contribution < -0.4 is 25.0 Å². The van der Waals surface area contributed by atoms with Crippen LogP contribution in [0.3, 0.4) is 0 Å². The minimum Gasteiger partial charge on any atom is -0.484 e. The van der Waals surface area contributed by atoms with Gasteiger partial charge in [-0.05, 0) is 62.4 Å². The molecule has 2 atom stereocenters. The van der Waals surface area contributed by atoms with Crippen LogP contribution in [0, 0.1) is 5.82 Å². The zero-order valence-corrected chi connectivity index (χ0v) is 21.7. The number of rotatable bonds is 6. The molecule has 3 N–H and O–H groups in total. The Kier molecular flexibility index (Phi) is 6.89. The Morgan fingerprint density at radius 3 is 2.62 bits per heavy atom. The number of carbonyl (C=O) groups is 2. The third-order valence-electron chi connectivity index (χ3n) is 7.69. The number of benzene rings is 2. The van der Waals surface area contributed by atoms with Gasteiger partial charge in [-0.1, -0.05) is 23.2 Å². The van der Waals surface area contributed by atoms with Crippen LogP contribution in [0.25, 0.3) is 0 Å². The molecule has 2 aromatic carbocycles. The first kappa shape index (κ1) is 25.9. The lowest BCUT2D eigenvalue weighted by Gasteiger charge is -2.56. The normalized spacial score (nSPS) is 28.2. The fourth-order valence-corrected chi connectivity index (χ4v) is 5.88. The quantitative estimate of drug-likeness (QED) is 0.508. The van der Waals surface area contributed by atoms with Gasteiger partial charge < -0.3 is 30.1 Å². The summed E-state index contributed by atoms with van der Waals surface area (Å²) in [6, 6.07) is 9.22. The summed E-state index contributed by atoms with van der Waals surface area (Å²) in [5.41, 5.74) is -0.536. The van der Waals surface area contributed by atoms with Gasteiger partial charge in [-0.3, -0.25) is 9.59 Å². The zero-order chi connectivity index (χ0) is 26.4. The molecule has 3 saturated carbocycles. The van der Waals surface area contributed by atoms with Crippen molar-refractivity contribution in [3.05, 3.63) is 52.3 Å². The van der Waals surface area contributed by atoms with Crippen molar-refractivity contribution in [1.82, 2.24) is 10.6 Å². The lowest BCUT2D eigenvalue weighted by atomic mass is 9.60. The highest BCUT2D eigenvalue weighted by molar-refractivity contribution is 6.31. The number of likely N-dealkylation sites (N-methyl/N-ethyl adjacent to an activating group) is 1. The molecule has 37 heavy (non-hydrogen) atoms. The third kappa shape index (κ3) is 5.17. The van der Waals surface area contributed by atoms with Crippen LogP contribution in [-0.2, 0) is 9.59 Å². The average molecular weight is 552 g/mol. The number of fused-ring (bicyclic) bond motifs is 4. The molecule has 11 heteroatoms. The molecule has 4 aliphatic rings. The summed E-state index contributed by atoms with van der Waals surface area (Å²) in [7, 11) is 1.88. The Morgan fingerprint density at radius 2 is 1.92 bits per heavy atom. The van der Waals surface area contributed by atoms with Crippen molar-refractivity contribution in [3.8, 4) is 11.5 Å². The third-order valence-corrected chi connectivity index (χ3v) is 8.23.